The highest BCUT2D eigenvalue weighted by Crippen LogP contribution is 2.41. The van der Waals surface area contributed by atoms with Crippen LogP contribution in [-0.2, 0) is 23.4 Å². The predicted octanol–water partition coefficient (Wildman–Crippen LogP) is 5.25. The summed E-state index contributed by atoms with van der Waals surface area (Å²) in [6, 6.07) is 16.7. The Morgan fingerprint density at radius 3 is 1.90 bits per heavy atom. The molecular formula is C31H36F2N2O6. The van der Waals surface area contributed by atoms with Crippen LogP contribution in [0, 0.1) is 5.82 Å². The molecule has 4 rings (SSSR count). The third-order valence-electron chi connectivity index (χ3n) is 7.27. The van der Waals surface area contributed by atoms with Crippen molar-refractivity contribution in [3.8, 4) is 23.0 Å². The van der Waals surface area contributed by atoms with Gasteiger partial charge in [0.05, 0.1) is 47.6 Å². The predicted molar refractivity (Wildman–Crippen MR) is 151 cm³/mol. The van der Waals surface area contributed by atoms with Crippen molar-refractivity contribution in [2.45, 2.75) is 50.9 Å². The summed E-state index contributed by atoms with van der Waals surface area (Å²) in [5, 5.41) is 10.6. The van der Waals surface area contributed by atoms with E-state index in [1.54, 1.807) is 63.7 Å². The van der Waals surface area contributed by atoms with Crippen molar-refractivity contribution in [3.05, 3.63) is 83.2 Å². The summed E-state index contributed by atoms with van der Waals surface area (Å²) in [5.74, 6) is 1.73. The molecule has 10 heteroatoms. The number of ether oxygens (including phenoxy) is 5. The number of rotatable bonds is 10. The Hall–Kier alpha value is -4.05. The number of aliphatic hydroxyl groups excluding tert-OH is 1. The number of hydrogen-bond donors (Lipinski definition) is 1. The minimum Gasteiger partial charge on any atom is -0.497 e. The van der Waals surface area contributed by atoms with Crippen LogP contribution in [0.5, 0.6) is 23.0 Å². The molecule has 0 spiro atoms. The topological polar surface area (TPSA) is 82.0 Å². The molecule has 0 saturated heterocycles. The van der Waals surface area contributed by atoms with E-state index in [4.69, 9.17) is 28.7 Å². The van der Waals surface area contributed by atoms with E-state index in [1.165, 1.54) is 32.0 Å². The van der Waals surface area contributed by atoms with Crippen molar-refractivity contribution < 1.29 is 37.6 Å². The molecule has 1 aliphatic rings. The van der Waals surface area contributed by atoms with E-state index in [1.807, 2.05) is 12.1 Å². The summed E-state index contributed by atoms with van der Waals surface area (Å²) in [7, 11) is 6.23. The summed E-state index contributed by atoms with van der Waals surface area (Å²) in [6.45, 7) is 3.36. The molecule has 1 aliphatic heterocycles. The molecule has 1 heterocycles. The van der Waals surface area contributed by atoms with Crippen LogP contribution in [0.3, 0.4) is 0 Å². The van der Waals surface area contributed by atoms with Gasteiger partial charge in [0.15, 0.2) is 12.3 Å². The van der Waals surface area contributed by atoms with Crippen molar-refractivity contribution in [2.24, 2.45) is 4.99 Å². The Morgan fingerprint density at radius 1 is 0.902 bits per heavy atom. The molecule has 0 radical (unpaired) electrons. The highest BCUT2D eigenvalue weighted by atomic mass is 19.1. The number of halogens is 2. The molecule has 41 heavy (non-hydrogen) atoms. The Bertz CT molecular complexity index is 1330. The normalized spacial score (nSPS) is 20.9. The fourth-order valence-corrected chi connectivity index (χ4v) is 4.92. The van der Waals surface area contributed by atoms with Gasteiger partial charge in [-0.1, -0.05) is 18.2 Å². The minimum absolute atomic E-state index is 0.0336. The smallest absolute Gasteiger partial charge is 0.289 e. The maximum Gasteiger partial charge on any atom is 0.289 e. The number of nitrogens with zero attached hydrogens (tertiary/aromatic N) is 2. The minimum atomic E-state index is -1.84. The van der Waals surface area contributed by atoms with Gasteiger partial charge in [-0.3, -0.25) is 0 Å². The van der Waals surface area contributed by atoms with E-state index in [0.717, 1.165) is 11.1 Å². The van der Waals surface area contributed by atoms with Crippen LogP contribution < -0.4 is 18.9 Å². The van der Waals surface area contributed by atoms with Gasteiger partial charge in [0.25, 0.3) is 6.02 Å². The third kappa shape index (κ3) is 6.17. The van der Waals surface area contributed by atoms with Gasteiger partial charge in [0.1, 0.15) is 34.4 Å². The van der Waals surface area contributed by atoms with Crippen LogP contribution in [0.15, 0.2) is 65.7 Å². The van der Waals surface area contributed by atoms with Crippen molar-refractivity contribution in [3.63, 3.8) is 0 Å². The molecule has 4 atom stereocenters. The molecular weight excluding hydrogens is 534 g/mol. The number of alkyl halides is 1. The molecule has 0 saturated carbocycles. The molecule has 0 fully saturated rings. The molecule has 3 aromatic rings. The first-order valence-corrected chi connectivity index (χ1v) is 13.2. The summed E-state index contributed by atoms with van der Waals surface area (Å²) in [5.41, 5.74) is -0.110. The molecule has 220 valence electrons. The number of aliphatic hydroxyl groups is 1. The highest BCUT2D eigenvalue weighted by molar-refractivity contribution is 5.76. The summed E-state index contributed by atoms with van der Waals surface area (Å²) >= 11 is 0. The molecule has 0 bridgehead atoms. The maximum absolute atomic E-state index is 16.1. The number of hydrogen-bond acceptors (Lipinski definition) is 8. The van der Waals surface area contributed by atoms with E-state index >= 15 is 8.78 Å². The number of benzene rings is 3. The first-order valence-electron chi connectivity index (χ1n) is 13.2. The lowest BCUT2D eigenvalue weighted by atomic mass is 9.83. The van der Waals surface area contributed by atoms with Crippen molar-refractivity contribution in [2.75, 3.05) is 28.4 Å². The zero-order valence-corrected chi connectivity index (χ0v) is 24.1. The van der Waals surface area contributed by atoms with E-state index in [9.17, 15) is 5.11 Å². The number of aliphatic imine (C=N–C) groups is 1. The van der Waals surface area contributed by atoms with Gasteiger partial charge in [0.2, 0.25) is 0 Å². The summed E-state index contributed by atoms with van der Waals surface area (Å²) in [4.78, 5) is 6.47. The third-order valence-corrected chi connectivity index (χ3v) is 7.27. The first-order chi connectivity index (χ1) is 19.6. The summed E-state index contributed by atoms with van der Waals surface area (Å²) < 4.78 is 59.1. The van der Waals surface area contributed by atoms with Gasteiger partial charge in [-0.2, -0.15) is 0 Å². The Balaban J connectivity index is 1.87. The van der Waals surface area contributed by atoms with Crippen LogP contribution >= 0.6 is 0 Å². The maximum atomic E-state index is 16.1. The van der Waals surface area contributed by atoms with Crippen LogP contribution in [0.1, 0.15) is 30.5 Å². The van der Waals surface area contributed by atoms with E-state index in [-0.39, 0.29) is 24.7 Å². The lowest BCUT2D eigenvalue weighted by molar-refractivity contribution is -0.0608. The van der Waals surface area contributed by atoms with Gasteiger partial charge >= 0.3 is 0 Å². The fraction of sp³-hybridized carbons (Fsp3) is 0.387. The van der Waals surface area contributed by atoms with Crippen molar-refractivity contribution >= 4 is 6.02 Å². The van der Waals surface area contributed by atoms with Gasteiger partial charge in [-0.25, -0.2) is 13.8 Å². The molecule has 0 unspecified atom stereocenters. The molecule has 8 nitrogen and oxygen atoms in total. The van der Waals surface area contributed by atoms with E-state index in [0.29, 0.717) is 23.0 Å². The van der Waals surface area contributed by atoms with Crippen LogP contribution in [0.2, 0.25) is 0 Å². The molecule has 0 amide bonds. The van der Waals surface area contributed by atoms with Crippen molar-refractivity contribution in [1.82, 2.24) is 4.90 Å². The first kappa shape index (κ1) is 29.9. The van der Waals surface area contributed by atoms with Gasteiger partial charge < -0.3 is 33.7 Å². The standard InChI is InChI=1S/C31H36F2N2O6/c1-19(36)28-29(33)31(2,24-9-7-8-10-25(24)32)34-30(41-28)35(17-20-11-13-22(37-3)15-26(20)39-5)18-21-12-14-23(38-4)16-27(21)40-6/h7-16,19,28-29,36H,17-18H2,1-6H3/t19-,28+,29-,31+/m0/s1. The van der Waals surface area contributed by atoms with Gasteiger partial charge in [0, 0.05) is 28.8 Å². The van der Waals surface area contributed by atoms with Crippen molar-refractivity contribution in [1.29, 1.82) is 0 Å². The van der Waals surface area contributed by atoms with Crippen LogP contribution in [0.4, 0.5) is 8.78 Å². The second-order valence-electron chi connectivity index (χ2n) is 9.96. The van der Waals surface area contributed by atoms with Gasteiger partial charge in [-0.15, -0.1) is 0 Å². The zero-order valence-electron chi connectivity index (χ0n) is 24.1. The lowest BCUT2D eigenvalue weighted by Crippen LogP contribution is -2.54. The average Bonchev–Trinajstić information content (AvgIpc) is 2.98. The second kappa shape index (κ2) is 12.6. The second-order valence-corrected chi connectivity index (χ2v) is 9.96. The highest BCUT2D eigenvalue weighted by Gasteiger charge is 2.50. The van der Waals surface area contributed by atoms with E-state index in [2.05, 4.69) is 0 Å². The molecule has 1 N–H and O–H groups in total. The summed E-state index contributed by atoms with van der Waals surface area (Å²) in [6.07, 6.45) is -4.37. The Morgan fingerprint density at radius 2 is 1.44 bits per heavy atom. The Kier molecular flexibility index (Phi) is 9.22. The van der Waals surface area contributed by atoms with Crippen LogP contribution in [0.25, 0.3) is 0 Å². The quantitative estimate of drug-likeness (QED) is 0.357. The fourth-order valence-electron chi connectivity index (χ4n) is 4.92. The molecule has 3 aromatic carbocycles. The number of methoxy groups -OCH3 is 4. The Labute approximate surface area is 239 Å². The molecule has 0 aliphatic carbocycles. The monoisotopic (exact) mass is 570 g/mol. The van der Waals surface area contributed by atoms with E-state index < -0.39 is 29.7 Å². The van der Waals surface area contributed by atoms with Crippen LogP contribution in [-0.4, -0.2) is 62.8 Å². The lowest BCUT2D eigenvalue weighted by Gasteiger charge is -2.42. The largest absolute Gasteiger partial charge is 0.497 e. The zero-order chi connectivity index (χ0) is 29.7. The van der Waals surface area contributed by atoms with Gasteiger partial charge in [-0.05, 0) is 44.2 Å². The number of amidine groups is 1. The molecule has 0 aromatic heterocycles. The average molecular weight is 571 g/mol. The SMILES string of the molecule is COc1ccc(CN(Cc2ccc(OC)cc2OC)C2=N[C@](C)(c3ccccc3F)[C@@H](F)[C@@H]([C@H](C)O)O2)c(OC)c1.